The first-order chi connectivity index (χ1) is 22.0. The number of allylic oxidation sites excluding steroid dienone is 1. The molecule has 2 aromatic carbocycles. The van der Waals surface area contributed by atoms with Gasteiger partial charge in [-0.1, -0.05) is 47.7 Å². The number of pyridine rings is 1. The van der Waals surface area contributed by atoms with Gasteiger partial charge in [-0.15, -0.1) is 11.8 Å². The second-order valence-corrected chi connectivity index (χ2v) is 12.2. The first-order valence-corrected chi connectivity index (χ1v) is 15.8. The number of aryl methyl sites for hydroxylation is 1. The van der Waals surface area contributed by atoms with Crippen molar-refractivity contribution in [2.24, 2.45) is 4.99 Å². The minimum atomic E-state index is -4.66. The number of thiazole rings is 1. The highest BCUT2D eigenvalue weighted by molar-refractivity contribution is 7.98. The van der Waals surface area contributed by atoms with Gasteiger partial charge in [0, 0.05) is 11.3 Å². The van der Waals surface area contributed by atoms with Crippen molar-refractivity contribution in [2.45, 2.75) is 43.8 Å². The molecule has 2 aromatic heterocycles. The van der Waals surface area contributed by atoms with Crippen molar-refractivity contribution in [1.29, 1.82) is 5.26 Å². The van der Waals surface area contributed by atoms with Crippen molar-refractivity contribution in [3.63, 3.8) is 0 Å². The molecule has 8 nitrogen and oxygen atoms in total. The number of rotatable bonds is 8. The van der Waals surface area contributed by atoms with E-state index >= 15 is 0 Å². The molecule has 0 aliphatic carbocycles. The van der Waals surface area contributed by atoms with E-state index in [-0.39, 0.29) is 39.6 Å². The van der Waals surface area contributed by atoms with Crippen LogP contribution in [0, 0.1) is 18.3 Å². The largest absolute Gasteiger partial charge is 0.496 e. The van der Waals surface area contributed by atoms with E-state index in [1.54, 1.807) is 38.1 Å². The number of hydrogen-bond acceptors (Lipinski definition) is 9. The van der Waals surface area contributed by atoms with Crippen LogP contribution in [0.25, 0.3) is 6.08 Å². The quantitative estimate of drug-likeness (QED) is 0.176. The highest BCUT2D eigenvalue weighted by atomic mass is 32.2. The first kappa shape index (κ1) is 32.7. The molecule has 0 saturated heterocycles. The Morgan fingerprint density at radius 1 is 1.17 bits per heavy atom. The molecule has 1 atom stereocenters. The molecule has 3 heterocycles. The van der Waals surface area contributed by atoms with E-state index in [9.17, 15) is 28.0 Å². The molecule has 0 saturated carbocycles. The van der Waals surface area contributed by atoms with Gasteiger partial charge in [0.15, 0.2) is 4.80 Å². The summed E-state index contributed by atoms with van der Waals surface area (Å²) in [6, 6.07) is 16.5. The average Bonchev–Trinajstić information content (AvgIpc) is 3.32. The van der Waals surface area contributed by atoms with Gasteiger partial charge in [-0.2, -0.15) is 18.4 Å². The number of nitriles is 1. The number of thioether (sulfide) groups is 1. The Labute approximate surface area is 270 Å². The predicted octanol–water partition coefficient (Wildman–Crippen LogP) is 5.69. The van der Waals surface area contributed by atoms with Crippen LogP contribution in [0.5, 0.6) is 5.75 Å². The average molecular weight is 665 g/mol. The molecule has 0 bridgehead atoms. The fraction of sp³-hybridized carbons (Fsp3) is 0.242. The standard InChI is InChI=1S/C33H27F3N4O4S2/c1-5-44-31(42)27-19(3)38-32-40(28(27)21-9-7-6-8-10-21)30(41)25(46-32)15-20-11-12-24(43-4)22(14-20)17-45-29-23(16-37)18(2)13-26(39-29)33(34,35)36/h6-15,28H,5,17H2,1-4H3/t28-/m0/s1. The second kappa shape index (κ2) is 13.4. The Morgan fingerprint density at radius 3 is 2.57 bits per heavy atom. The summed E-state index contributed by atoms with van der Waals surface area (Å²) in [6.45, 7) is 5.03. The molecule has 0 N–H and O–H groups in total. The van der Waals surface area contributed by atoms with Crippen LogP contribution < -0.4 is 19.6 Å². The molecule has 1 aliphatic rings. The molecule has 0 amide bonds. The summed E-state index contributed by atoms with van der Waals surface area (Å²) in [4.78, 5) is 35.7. The summed E-state index contributed by atoms with van der Waals surface area (Å²) in [7, 11) is 1.47. The second-order valence-electron chi connectivity index (χ2n) is 10.2. The van der Waals surface area contributed by atoms with Crippen molar-refractivity contribution in [3.8, 4) is 11.8 Å². The minimum absolute atomic E-state index is 0.0377. The van der Waals surface area contributed by atoms with Gasteiger partial charge in [-0.05, 0) is 61.7 Å². The number of fused-ring (bicyclic) bond motifs is 1. The van der Waals surface area contributed by atoms with Crippen LogP contribution in [0.3, 0.4) is 0 Å². The number of methoxy groups -OCH3 is 1. The summed E-state index contributed by atoms with van der Waals surface area (Å²) in [5.41, 5.74) is 1.55. The number of esters is 1. The van der Waals surface area contributed by atoms with E-state index in [0.717, 1.165) is 23.4 Å². The summed E-state index contributed by atoms with van der Waals surface area (Å²) in [5.74, 6) is 0.0752. The fourth-order valence-corrected chi connectivity index (χ4v) is 7.15. The van der Waals surface area contributed by atoms with Gasteiger partial charge in [0.2, 0.25) is 0 Å². The van der Waals surface area contributed by atoms with E-state index in [0.29, 0.717) is 31.9 Å². The lowest BCUT2D eigenvalue weighted by Crippen LogP contribution is -2.39. The van der Waals surface area contributed by atoms with Crippen LogP contribution in [-0.4, -0.2) is 29.2 Å². The molecule has 0 fully saturated rings. The molecule has 13 heteroatoms. The molecule has 236 valence electrons. The number of aromatic nitrogens is 2. The van der Waals surface area contributed by atoms with Crippen molar-refractivity contribution < 1.29 is 27.4 Å². The summed E-state index contributed by atoms with van der Waals surface area (Å²) in [5, 5.41) is 9.56. The van der Waals surface area contributed by atoms with Gasteiger partial charge in [-0.3, -0.25) is 9.36 Å². The Kier molecular flexibility index (Phi) is 9.50. The maximum absolute atomic E-state index is 13.9. The third kappa shape index (κ3) is 6.49. The lowest BCUT2D eigenvalue weighted by Gasteiger charge is -2.24. The molecule has 0 spiro atoms. The van der Waals surface area contributed by atoms with Crippen LogP contribution in [-0.2, 0) is 21.5 Å². The first-order valence-electron chi connectivity index (χ1n) is 14.0. The summed E-state index contributed by atoms with van der Waals surface area (Å²) >= 11 is 2.16. The number of carbonyl (C=O) groups excluding carboxylic acids is 1. The van der Waals surface area contributed by atoms with Crippen LogP contribution in [0.4, 0.5) is 13.2 Å². The van der Waals surface area contributed by atoms with E-state index in [4.69, 9.17) is 9.47 Å². The zero-order valence-corrected chi connectivity index (χ0v) is 26.8. The normalized spacial score (nSPS) is 14.8. The SMILES string of the molecule is CCOC(=O)C1=C(C)N=c2sc(=Cc3ccc(OC)c(CSc4nc(C(F)(F)F)cc(C)c4C#N)c3)c(=O)n2[C@H]1c1ccccc1. The number of nitrogens with zero attached hydrogens (tertiary/aromatic N) is 4. The lowest BCUT2D eigenvalue weighted by atomic mass is 9.96. The molecule has 46 heavy (non-hydrogen) atoms. The van der Waals surface area contributed by atoms with Gasteiger partial charge >= 0.3 is 12.1 Å². The smallest absolute Gasteiger partial charge is 0.433 e. The molecule has 4 aromatic rings. The zero-order chi connectivity index (χ0) is 33.2. The number of benzene rings is 2. The number of halogens is 3. The van der Waals surface area contributed by atoms with Gasteiger partial charge in [0.25, 0.3) is 5.56 Å². The van der Waals surface area contributed by atoms with E-state index in [1.807, 2.05) is 36.4 Å². The van der Waals surface area contributed by atoms with Crippen LogP contribution in [0.2, 0.25) is 0 Å². The molecular weight excluding hydrogens is 638 g/mol. The van der Waals surface area contributed by atoms with Crippen molar-refractivity contribution in [1.82, 2.24) is 9.55 Å². The van der Waals surface area contributed by atoms with Crippen LogP contribution in [0.1, 0.15) is 53.4 Å². The Morgan fingerprint density at radius 2 is 1.91 bits per heavy atom. The molecule has 0 radical (unpaired) electrons. The Bertz CT molecular complexity index is 2080. The Balaban J connectivity index is 1.56. The van der Waals surface area contributed by atoms with Crippen molar-refractivity contribution >= 4 is 35.1 Å². The fourth-order valence-electron chi connectivity index (χ4n) is 5.07. The Hall–Kier alpha value is -4.67. The van der Waals surface area contributed by atoms with E-state index < -0.39 is 23.9 Å². The van der Waals surface area contributed by atoms with E-state index in [1.165, 1.54) is 29.9 Å². The molecule has 5 rings (SSSR count). The maximum Gasteiger partial charge on any atom is 0.433 e. The predicted molar refractivity (Wildman–Crippen MR) is 168 cm³/mol. The minimum Gasteiger partial charge on any atom is -0.496 e. The number of alkyl halides is 3. The molecular formula is C33H27F3N4O4S2. The number of hydrogen-bond donors (Lipinski definition) is 0. The monoisotopic (exact) mass is 664 g/mol. The highest BCUT2D eigenvalue weighted by Gasteiger charge is 2.35. The third-order valence-corrected chi connectivity index (χ3v) is 9.19. The van der Waals surface area contributed by atoms with Crippen LogP contribution >= 0.6 is 23.1 Å². The van der Waals surface area contributed by atoms with Crippen molar-refractivity contribution in [2.75, 3.05) is 13.7 Å². The summed E-state index contributed by atoms with van der Waals surface area (Å²) < 4.78 is 53.0. The molecule has 0 unspecified atom stereocenters. The lowest BCUT2D eigenvalue weighted by molar-refractivity contribution is -0.141. The topological polar surface area (TPSA) is 107 Å². The number of carbonyl (C=O) groups is 1. The molecule has 1 aliphatic heterocycles. The van der Waals surface area contributed by atoms with E-state index in [2.05, 4.69) is 9.98 Å². The number of ether oxygens (including phenoxy) is 2. The van der Waals surface area contributed by atoms with Crippen molar-refractivity contribution in [3.05, 3.63) is 119 Å². The van der Waals surface area contributed by atoms with Gasteiger partial charge in [0.1, 0.15) is 22.5 Å². The van der Waals surface area contributed by atoms with Gasteiger partial charge in [-0.25, -0.2) is 14.8 Å². The van der Waals surface area contributed by atoms with Gasteiger partial charge < -0.3 is 9.47 Å². The van der Waals surface area contributed by atoms with Gasteiger partial charge in [0.05, 0.1) is 41.1 Å². The summed E-state index contributed by atoms with van der Waals surface area (Å²) in [6.07, 6.45) is -2.97. The maximum atomic E-state index is 13.9. The third-order valence-electron chi connectivity index (χ3n) is 7.18. The van der Waals surface area contributed by atoms with Crippen LogP contribution in [0.15, 0.2) is 80.7 Å². The highest BCUT2D eigenvalue weighted by Crippen LogP contribution is 2.35. The zero-order valence-electron chi connectivity index (χ0n) is 25.1.